The highest BCUT2D eigenvalue weighted by Crippen LogP contribution is 2.14. The number of nitrogens with one attached hydrogen (secondary N) is 3. The number of sulfonamides is 1. The summed E-state index contributed by atoms with van der Waals surface area (Å²) in [5.74, 6) is 0.368. The molecule has 0 atom stereocenters. The van der Waals surface area contributed by atoms with Gasteiger partial charge in [-0.15, -0.1) is 0 Å². The highest BCUT2D eigenvalue weighted by molar-refractivity contribution is 7.89. The Kier molecular flexibility index (Phi) is 7.34. The molecule has 7 heteroatoms. The molecule has 0 aliphatic carbocycles. The van der Waals surface area contributed by atoms with Gasteiger partial charge < -0.3 is 10.6 Å². The Labute approximate surface area is 132 Å². The van der Waals surface area contributed by atoms with E-state index in [1.54, 1.807) is 12.1 Å². The molecule has 6 nitrogen and oxygen atoms in total. The topological polar surface area (TPSA) is 87.3 Å². The van der Waals surface area contributed by atoms with E-state index in [1.165, 1.54) is 12.1 Å². The Morgan fingerprint density at radius 2 is 1.82 bits per heavy atom. The summed E-state index contributed by atoms with van der Waals surface area (Å²) in [6, 6.07) is 5.80. The number of urea groups is 1. The highest BCUT2D eigenvalue weighted by Gasteiger charge is 2.13. The van der Waals surface area contributed by atoms with Gasteiger partial charge in [0.15, 0.2) is 0 Å². The van der Waals surface area contributed by atoms with Gasteiger partial charge in [0.25, 0.3) is 0 Å². The lowest BCUT2D eigenvalue weighted by Gasteiger charge is -2.10. The van der Waals surface area contributed by atoms with Gasteiger partial charge >= 0.3 is 6.03 Å². The summed E-state index contributed by atoms with van der Waals surface area (Å²) in [5, 5.41) is 5.39. The molecule has 0 saturated heterocycles. The maximum Gasteiger partial charge on any atom is 0.319 e. The van der Waals surface area contributed by atoms with Crippen LogP contribution in [0.2, 0.25) is 0 Å². The van der Waals surface area contributed by atoms with Crippen molar-refractivity contribution >= 4 is 21.7 Å². The Balaban J connectivity index is 2.60. The molecule has 1 rings (SSSR count). The molecule has 0 saturated carbocycles. The third-order valence-corrected chi connectivity index (χ3v) is 4.39. The smallest absolute Gasteiger partial charge is 0.319 e. The number of carbonyl (C=O) groups is 1. The van der Waals surface area contributed by atoms with Gasteiger partial charge in [-0.3, -0.25) is 0 Å². The van der Waals surface area contributed by atoms with E-state index in [9.17, 15) is 13.2 Å². The third kappa shape index (κ3) is 6.44. The zero-order valence-corrected chi connectivity index (χ0v) is 14.2. The number of hydrogen-bond donors (Lipinski definition) is 3. The number of benzene rings is 1. The molecular formula is C15H25N3O3S. The van der Waals surface area contributed by atoms with E-state index in [4.69, 9.17) is 0 Å². The monoisotopic (exact) mass is 327 g/mol. The molecule has 1 aromatic carbocycles. The molecule has 3 N–H and O–H groups in total. The van der Waals surface area contributed by atoms with Crippen LogP contribution in [0, 0.1) is 5.92 Å². The van der Waals surface area contributed by atoms with Gasteiger partial charge in [-0.05, 0) is 36.6 Å². The van der Waals surface area contributed by atoms with Gasteiger partial charge in [-0.25, -0.2) is 17.9 Å². The maximum atomic E-state index is 12.0. The SMILES string of the molecule is CCCCNS(=O)(=O)c1ccc(NC(=O)NCC(C)C)cc1. The Hall–Kier alpha value is -1.60. The zero-order valence-electron chi connectivity index (χ0n) is 13.3. The fraction of sp³-hybridized carbons (Fsp3) is 0.533. The van der Waals surface area contributed by atoms with Gasteiger partial charge in [0.2, 0.25) is 10.0 Å². The fourth-order valence-corrected chi connectivity index (χ4v) is 2.73. The van der Waals surface area contributed by atoms with Crippen LogP contribution in [-0.2, 0) is 10.0 Å². The number of amides is 2. The first kappa shape index (κ1) is 18.4. The van der Waals surface area contributed by atoms with Crippen molar-refractivity contribution in [2.24, 2.45) is 5.92 Å². The van der Waals surface area contributed by atoms with Crippen LogP contribution in [0.4, 0.5) is 10.5 Å². The number of hydrogen-bond acceptors (Lipinski definition) is 3. The van der Waals surface area contributed by atoms with E-state index in [0.717, 1.165) is 12.8 Å². The van der Waals surface area contributed by atoms with Gasteiger partial charge in [0.1, 0.15) is 0 Å². The predicted octanol–water partition coefficient (Wildman–Crippen LogP) is 2.54. The Bertz CT molecular complexity index is 568. The summed E-state index contributed by atoms with van der Waals surface area (Å²) in [6.07, 6.45) is 1.73. The van der Waals surface area contributed by atoms with Crippen molar-refractivity contribution in [2.45, 2.75) is 38.5 Å². The Morgan fingerprint density at radius 3 is 2.36 bits per heavy atom. The lowest BCUT2D eigenvalue weighted by atomic mass is 10.2. The van der Waals surface area contributed by atoms with E-state index in [-0.39, 0.29) is 10.9 Å². The van der Waals surface area contributed by atoms with Crippen molar-refractivity contribution in [2.75, 3.05) is 18.4 Å². The van der Waals surface area contributed by atoms with Crippen molar-refractivity contribution in [3.05, 3.63) is 24.3 Å². The van der Waals surface area contributed by atoms with E-state index < -0.39 is 10.0 Å². The van der Waals surface area contributed by atoms with Crippen LogP contribution < -0.4 is 15.4 Å². The van der Waals surface area contributed by atoms with E-state index in [1.807, 2.05) is 20.8 Å². The summed E-state index contributed by atoms with van der Waals surface area (Å²) in [5.41, 5.74) is 0.550. The van der Waals surface area contributed by atoms with E-state index in [0.29, 0.717) is 24.7 Å². The van der Waals surface area contributed by atoms with Crippen LogP contribution in [0.3, 0.4) is 0 Å². The van der Waals surface area contributed by atoms with Crippen LogP contribution >= 0.6 is 0 Å². The third-order valence-electron chi connectivity index (χ3n) is 2.92. The fourth-order valence-electron chi connectivity index (χ4n) is 1.66. The van der Waals surface area contributed by atoms with Crippen LogP contribution in [0.5, 0.6) is 0 Å². The highest BCUT2D eigenvalue weighted by atomic mass is 32.2. The summed E-state index contributed by atoms with van der Waals surface area (Å²) >= 11 is 0. The second-order valence-electron chi connectivity index (χ2n) is 5.50. The van der Waals surface area contributed by atoms with Crippen molar-refractivity contribution in [3.63, 3.8) is 0 Å². The summed E-state index contributed by atoms with van der Waals surface area (Å²) in [6.45, 7) is 7.02. The second kappa shape index (κ2) is 8.75. The molecule has 124 valence electrons. The molecule has 0 aliphatic rings. The summed E-state index contributed by atoms with van der Waals surface area (Å²) < 4.78 is 26.6. The maximum absolute atomic E-state index is 12.0. The van der Waals surface area contributed by atoms with E-state index in [2.05, 4.69) is 15.4 Å². The minimum atomic E-state index is -3.48. The van der Waals surface area contributed by atoms with Crippen LogP contribution in [0.15, 0.2) is 29.2 Å². The molecule has 0 aromatic heterocycles. The largest absolute Gasteiger partial charge is 0.338 e. The first-order valence-electron chi connectivity index (χ1n) is 7.49. The average Bonchev–Trinajstić information content (AvgIpc) is 2.46. The Morgan fingerprint density at radius 1 is 1.18 bits per heavy atom. The first-order chi connectivity index (χ1) is 10.3. The normalized spacial score (nSPS) is 11.5. The minimum Gasteiger partial charge on any atom is -0.338 e. The molecule has 0 heterocycles. The molecular weight excluding hydrogens is 302 g/mol. The number of unbranched alkanes of at least 4 members (excludes halogenated alkanes) is 1. The van der Waals surface area contributed by atoms with Crippen molar-refractivity contribution < 1.29 is 13.2 Å². The number of rotatable bonds is 8. The van der Waals surface area contributed by atoms with Crippen molar-refractivity contribution in [3.8, 4) is 0 Å². The van der Waals surface area contributed by atoms with Gasteiger partial charge in [-0.2, -0.15) is 0 Å². The summed E-state index contributed by atoms with van der Waals surface area (Å²) in [7, 11) is -3.48. The van der Waals surface area contributed by atoms with Gasteiger partial charge in [0, 0.05) is 18.8 Å². The quantitative estimate of drug-likeness (QED) is 0.641. The zero-order chi connectivity index (χ0) is 16.6. The van der Waals surface area contributed by atoms with Gasteiger partial charge in [0.05, 0.1) is 4.90 Å². The second-order valence-corrected chi connectivity index (χ2v) is 7.27. The standard InChI is InChI=1S/C15H25N3O3S/c1-4-5-10-17-22(20,21)14-8-6-13(7-9-14)18-15(19)16-11-12(2)3/h6-9,12,17H,4-5,10-11H2,1-3H3,(H2,16,18,19). The molecule has 0 aliphatic heterocycles. The predicted molar refractivity (Wildman–Crippen MR) is 88.4 cm³/mol. The lowest BCUT2D eigenvalue weighted by Crippen LogP contribution is -2.31. The molecule has 22 heavy (non-hydrogen) atoms. The molecule has 0 bridgehead atoms. The number of anilines is 1. The van der Waals surface area contributed by atoms with Gasteiger partial charge in [-0.1, -0.05) is 27.2 Å². The molecule has 2 amide bonds. The van der Waals surface area contributed by atoms with Crippen LogP contribution in [-0.4, -0.2) is 27.5 Å². The molecule has 0 radical (unpaired) electrons. The average molecular weight is 327 g/mol. The molecule has 0 fully saturated rings. The molecule has 0 unspecified atom stereocenters. The number of carbonyl (C=O) groups excluding carboxylic acids is 1. The first-order valence-corrected chi connectivity index (χ1v) is 8.98. The van der Waals surface area contributed by atoms with Crippen LogP contribution in [0.1, 0.15) is 33.6 Å². The van der Waals surface area contributed by atoms with Crippen LogP contribution in [0.25, 0.3) is 0 Å². The molecule has 1 aromatic rings. The minimum absolute atomic E-state index is 0.191. The lowest BCUT2D eigenvalue weighted by molar-refractivity contribution is 0.251. The van der Waals surface area contributed by atoms with Crippen molar-refractivity contribution in [1.29, 1.82) is 0 Å². The van der Waals surface area contributed by atoms with Crippen molar-refractivity contribution in [1.82, 2.24) is 10.0 Å². The molecule has 0 spiro atoms. The summed E-state index contributed by atoms with van der Waals surface area (Å²) in [4.78, 5) is 11.8. The van der Waals surface area contributed by atoms with E-state index >= 15 is 0 Å².